The molecule has 2 fully saturated rings. The van der Waals surface area contributed by atoms with E-state index in [4.69, 9.17) is 0 Å². The number of nitrogens with one attached hydrogen (secondary N) is 1. The number of fused-ring (bicyclic) bond motifs is 2. The van der Waals surface area contributed by atoms with Crippen molar-refractivity contribution in [3.8, 4) is 0 Å². The molecular formula is C7H12FN. The van der Waals surface area contributed by atoms with E-state index in [2.05, 4.69) is 0 Å². The zero-order valence-electron chi connectivity index (χ0n) is 5.44. The summed E-state index contributed by atoms with van der Waals surface area (Å²) >= 11 is 0. The van der Waals surface area contributed by atoms with Gasteiger partial charge in [-0.25, -0.2) is 0 Å². The first-order chi connectivity index (χ1) is 4.40. The van der Waals surface area contributed by atoms with E-state index in [0.717, 1.165) is 12.3 Å². The fourth-order valence-electron chi connectivity index (χ4n) is 2.38. The summed E-state index contributed by atoms with van der Waals surface area (Å²) < 4.78 is 11.9. The molecule has 0 heterocycles. The van der Waals surface area contributed by atoms with Gasteiger partial charge < -0.3 is 0 Å². The Morgan fingerprint density at radius 2 is 2.11 bits per heavy atom. The molecule has 2 heteroatoms. The predicted octanol–water partition coefficient (Wildman–Crippen LogP) is 1.65. The lowest BCUT2D eigenvalue weighted by atomic mass is 9.96. The maximum Gasteiger partial charge on any atom is 0.0402 e. The van der Waals surface area contributed by atoms with Crippen LogP contribution in [0.4, 0.5) is 4.48 Å². The number of rotatable bonds is 1. The first-order valence-electron chi connectivity index (χ1n) is 3.76. The van der Waals surface area contributed by atoms with Crippen LogP contribution in [0.15, 0.2) is 0 Å². The Labute approximate surface area is 54.6 Å². The molecule has 0 radical (unpaired) electrons. The summed E-state index contributed by atoms with van der Waals surface area (Å²) in [5.41, 5.74) is 1.90. The van der Waals surface area contributed by atoms with Crippen molar-refractivity contribution in [1.29, 1.82) is 0 Å². The van der Waals surface area contributed by atoms with Crippen LogP contribution in [0.5, 0.6) is 0 Å². The highest BCUT2D eigenvalue weighted by atomic mass is 19.2. The monoisotopic (exact) mass is 129 g/mol. The second-order valence-electron chi connectivity index (χ2n) is 3.39. The highest BCUT2D eigenvalue weighted by Gasteiger charge is 2.39. The maximum atomic E-state index is 11.9. The van der Waals surface area contributed by atoms with E-state index in [1.54, 1.807) is 0 Å². The normalized spacial score (nSPS) is 48.3. The fraction of sp³-hybridized carbons (Fsp3) is 1.00. The lowest BCUT2D eigenvalue weighted by Crippen LogP contribution is -2.27. The lowest BCUT2D eigenvalue weighted by Gasteiger charge is -2.17. The molecule has 1 N–H and O–H groups in total. The van der Waals surface area contributed by atoms with Crippen LogP contribution in [0.25, 0.3) is 0 Å². The zero-order chi connectivity index (χ0) is 6.27. The van der Waals surface area contributed by atoms with Gasteiger partial charge in [-0.3, -0.25) is 0 Å². The third-order valence-corrected chi connectivity index (χ3v) is 2.88. The van der Waals surface area contributed by atoms with Crippen LogP contribution in [0.2, 0.25) is 0 Å². The Morgan fingerprint density at radius 3 is 2.44 bits per heavy atom. The van der Waals surface area contributed by atoms with Gasteiger partial charge >= 0.3 is 0 Å². The molecule has 2 bridgehead atoms. The number of hydrogen-bond donors (Lipinski definition) is 1. The van der Waals surface area contributed by atoms with E-state index in [9.17, 15) is 4.48 Å². The van der Waals surface area contributed by atoms with Gasteiger partial charge in [0.1, 0.15) is 0 Å². The molecule has 0 amide bonds. The van der Waals surface area contributed by atoms with Gasteiger partial charge in [0.05, 0.1) is 0 Å². The Morgan fingerprint density at radius 1 is 1.22 bits per heavy atom. The molecule has 3 atom stereocenters. The smallest absolute Gasteiger partial charge is 0.0402 e. The molecule has 1 nitrogen and oxygen atoms in total. The van der Waals surface area contributed by atoms with E-state index in [1.165, 1.54) is 19.3 Å². The van der Waals surface area contributed by atoms with Crippen molar-refractivity contribution in [2.24, 2.45) is 11.8 Å². The summed E-state index contributed by atoms with van der Waals surface area (Å²) in [6.07, 6.45) is 4.97. The first-order valence-corrected chi connectivity index (χ1v) is 3.76. The zero-order valence-corrected chi connectivity index (χ0v) is 5.44. The average molecular weight is 129 g/mol. The molecule has 52 valence electrons. The van der Waals surface area contributed by atoms with Crippen LogP contribution in [-0.4, -0.2) is 6.04 Å². The quantitative estimate of drug-likeness (QED) is 0.531. The van der Waals surface area contributed by atoms with Crippen LogP contribution >= 0.6 is 0 Å². The van der Waals surface area contributed by atoms with Crippen LogP contribution in [0, 0.1) is 11.8 Å². The third-order valence-electron chi connectivity index (χ3n) is 2.88. The maximum absolute atomic E-state index is 11.9. The van der Waals surface area contributed by atoms with Gasteiger partial charge in [0.2, 0.25) is 0 Å². The van der Waals surface area contributed by atoms with Crippen molar-refractivity contribution in [3.63, 3.8) is 0 Å². The van der Waals surface area contributed by atoms with Crippen molar-refractivity contribution >= 4 is 0 Å². The van der Waals surface area contributed by atoms with Crippen molar-refractivity contribution in [2.75, 3.05) is 0 Å². The van der Waals surface area contributed by atoms with Gasteiger partial charge in [-0.1, -0.05) is 6.42 Å². The molecule has 2 aliphatic rings. The minimum absolute atomic E-state index is 0.212. The Kier molecular flexibility index (Phi) is 1.22. The Bertz CT molecular complexity index is 115. The summed E-state index contributed by atoms with van der Waals surface area (Å²) in [4.78, 5) is 0. The molecule has 0 aromatic rings. The highest BCUT2D eigenvalue weighted by molar-refractivity contribution is 4.92. The van der Waals surface area contributed by atoms with Crippen LogP contribution in [-0.2, 0) is 0 Å². The van der Waals surface area contributed by atoms with E-state index >= 15 is 0 Å². The van der Waals surface area contributed by atoms with E-state index in [1.807, 2.05) is 5.54 Å². The number of hydrogen-bond acceptors (Lipinski definition) is 1. The van der Waals surface area contributed by atoms with E-state index in [-0.39, 0.29) is 6.04 Å². The van der Waals surface area contributed by atoms with Crippen molar-refractivity contribution in [1.82, 2.24) is 5.54 Å². The average Bonchev–Trinajstić information content (AvgIpc) is 2.45. The molecule has 2 rings (SSSR count). The minimum Gasteiger partial charge on any atom is -0.156 e. The lowest BCUT2D eigenvalue weighted by molar-refractivity contribution is 0.213. The standard InChI is InChI=1S/C7H12FN/c8-9-7-4-5-1-2-6(7)3-5/h5-7,9H,1-4H2. The van der Waals surface area contributed by atoms with Gasteiger partial charge in [-0.2, -0.15) is 5.54 Å². The van der Waals surface area contributed by atoms with Gasteiger partial charge in [0.25, 0.3) is 0 Å². The second-order valence-corrected chi connectivity index (χ2v) is 3.39. The summed E-state index contributed by atoms with van der Waals surface area (Å²) in [5, 5.41) is 0. The molecule has 2 saturated carbocycles. The third kappa shape index (κ3) is 0.767. The van der Waals surface area contributed by atoms with Crippen LogP contribution < -0.4 is 5.54 Å². The molecule has 0 spiro atoms. The summed E-state index contributed by atoms with van der Waals surface area (Å²) in [7, 11) is 0. The molecule has 0 aliphatic heterocycles. The molecular weight excluding hydrogens is 117 g/mol. The van der Waals surface area contributed by atoms with Gasteiger partial charge in [-0.15, -0.1) is 4.48 Å². The van der Waals surface area contributed by atoms with E-state index in [0.29, 0.717) is 5.92 Å². The molecule has 3 unspecified atom stereocenters. The second kappa shape index (κ2) is 1.94. The highest BCUT2D eigenvalue weighted by Crippen LogP contribution is 2.44. The van der Waals surface area contributed by atoms with Gasteiger partial charge in [-0.05, 0) is 31.1 Å². The Hall–Kier alpha value is -0.110. The van der Waals surface area contributed by atoms with Crippen LogP contribution in [0.3, 0.4) is 0 Å². The van der Waals surface area contributed by atoms with Crippen molar-refractivity contribution < 1.29 is 4.48 Å². The van der Waals surface area contributed by atoms with Crippen LogP contribution in [0.1, 0.15) is 25.7 Å². The summed E-state index contributed by atoms with van der Waals surface area (Å²) in [6.45, 7) is 0. The van der Waals surface area contributed by atoms with Gasteiger partial charge in [0, 0.05) is 6.04 Å². The molecule has 0 saturated heterocycles. The predicted molar refractivity (Wildman–Crippen MR) is 33.5 cm³/mol. The summed E-state index contributed by atoms with van der Waals surface area (Å²) in [6, 6.07) is 0.212. The largest absolute Gasteiger partial charge is 0.156 e. The topological polar surface area (TPSA) is 12.0 Å². The Balaban J connectivity index is 2.01. The minimum atomic E-state index is 0.212. The fourth-order valence-corrected chi connectivity index (χ4v) is 2.38. The van der Waals surface area contributed by atoms with Gasteiger partial charge in [0.15, 0.2) is 0 Å². The summed E-state index contributed by atoms with van der Waals surface area (Å²) in [5.74, 6) is 1.52. The molecule has 0 aromatic carbocycles. The molecule has 9 heavy (non-hydrogen) atoms. The molecule has 2 aliphatic carbocycles. The van der Waals surface area contributed by atoms with Crippen molar-refractivity contribution in [3.05, 3.63) is 0 Å². The molecule has 0 aromatic heterocycles. The SMILES string of the molecule is FNC1CC2CCC1C2. The van der Waals surface area contributed by atoms with Crippen molar-refractivity contribution in [2.45, 2.75) is 31.7 Å². The van der Waals surface area contributed by atoms with E-state index < -0.39 is 0 Å². The number of halogens is 1. The first kappa shape index (κ1) is 5.66.